The van der Waals surface area contributed by atoms with E-state index in [1.807, 2.05) is 0 Å². The van der Waals surface area contributed by atoms with Crippen LogP contribution in [0.25, 0.3) is 0 Å². The van der Waals surface area contributed by atoms with Crippen LogP contribution in [0.15, 0.2) is 12.1 Å². The molecule has 0 saturated carbocycles. The van der Waals surface area contributed by atoms with Gasteiger partial charge in [0.05, 0.1) is 26.6 Å². The van der Waals surface area contributed by atoms with Gasteiger partial charge in [-0.05, 0) is 6.92 Å². The maximum atomic E-state index is 11.7. The molecule has 0 aliphatic carbocycles. The number of nitrogens with one attached hydrogen (secondary N) is 1. The fraction of sp³-hybridized carbons (Fsp3) is 0.300. The van der Waals surface area contributed by atoms with Gasteiger partial charge in [0.2, 0.25) is 0 Å². The quantitative estimate of drug-likeness (QED) is 0.656. The summed E-state index contributed by atoms with van der Waals surface area (Å²) >= 11 is 11.5. The zero-order valence-electron chi connectivity index (χ0n) is 9.31. The number of hydrogen-bond acceptors (Lipinski definition) is 4. The number of nitro groups is 1. The Balaban J connectivity index is 3.07. The highest BCUT2D eigenvalue weighted by molar-refractivity contribution is 6.44. The minimum absolute atomic E-state index is 0.00940. The number of nitro benzene ring substituents is 1. The predicted octanol–water partition coefficient (Wildman–Crippen LogP) is 2.01. The standard InChI is InChI=1S/C10H10Cl2N2O4/c1-5(15)4-13-10(16)7-2-6(14(17)18)3-8(11)9(7)12/h2-3,5,15H,4H2,1H3,(H,13,16)/t5-/m0/s1. The van der Waals surface area contributed by atoms with E-state index in [0.717, 1.165) is 12.1 Å². The summed E-state index contributed by atoms with van der Waals surface area (Å²) in [6.45, 7) is 1.50. The molecule has 0 heterocycles. The van der Waals surface area contributed by atoms with E-state index in [-0.39, 0.29) is 27.8 Å². The molecule has 0 aliphatic heterocycles. The highest BCUT2D eigenvalue weighted by Gasteiger charge is 2.19. The summed E-state index contributed by atoms with van der Waals surface area (Å²) in [5.41, 5.74) is -0.428. The molecule has 1 amide bonds. The largest absolute Gasteiger partial charge is 0.392 e. The fourth-order valence-electron chi connectivity index (χ4n) is 1.18. The van der Waals surface area contributed by atoms with Crippen LogP contribution < -0.4 is 5.32 Å². The highest BCUT2D eigenvalue weighted by atomic mass is 35.5. The Labute approximate surface area is 113 Å². The van der Waals surface area contributed by atoms with E-state index < -0.39 is 16.9 Å². The third kappa shape index (κ3) is 3.56. The lowest BCUT2D eigenvalue weighted by molar-refractivity contribution is -0.384. The lowest BCUT2D eigenvalue weighted by Crippen LogP contribution is -2.30. The van der Waals surface area contributed by atoms with E-state index in [9.17, 15) is 14.9 Å². The molecule has 0 aromatic heterocycles. The number of nitrogens with zero attached hydrogens (tertiary/aromatic N) is 1. The molecule has 0 saturated heterocycles. The average molecular weight is 293 g/mol. The maximum absolute atomic E-state index is 11.7. The Kier molecular flexibility index (Phi) is 4.89. The van der Waals surface area contributed by atoms with Crippen LogP contribution in [0.5, 0.6) is 0 Å². The van der Waals surface area contributed by atoms with Crippen molar-refractivity contribution in [3.05, 3.63) is 37.9 Å². The van der Waals surface area contributed by atoms with Crippen molar-refractivity contribution in [1.82, 2.24) is 5.32 Å². The first-order chi connectivity index (χ1) is 8.32. The predicted molar refractivity (Wildman–Crippen MR) is 67.1 cm³/mol. The van der Waals surface area contributed by atoms with Gasteiger partial charge < -0.3 is 10.4 Å². The number of halogens is 2. The number of carbonyl (C=O) groups is 1. The molecule has 0 aliphatic rings. The van der Waals surface area contributed by atoms with E-state index in [2.05, 4.69) is 5.32 Å². The topological polar surface area (TPSA) is 92.5 Å². The first-order valence-corrected chi connectivity index (χ1v) is 5.68. The third-order valence-corrected chi connectivity index (χ3v) is 2.83. The number of aliphatic hydroxyl groups excluding tert-OH is 1. The summed E-state index contributed by atoms with van der Waals surface area (Å²) in [6, 6.07) is 2.10. The zero-order valence-corrected chi connectivity index (χ0v) is 10.8. The number of benzene rings is 1. The molecule has 8 heteroatoms. The van der Waals surface area contributed by atoms with Crippen molar-refractivity contribution >= 4 is 34.8 Å². The molecule has 0 bridgehead atoms. The van der Waals surface area contributed by atoms with Gasteiger partial charge in [-0.3, -0.25) is 14.9 Å². The SMILES string of the molecule is C[C@H](O)CNC(=O)c1cc([N+](=O)[O-])cc(Cl)c1Cl. The van der Waals surface area contributed by atoms with E-state index in [1.165, 1.54) is 6.92 Å². The van der Waals surface area contributed by atoms with Crippen molar-refractivity contribution in [2.75, 3.05) is 6.54 Å². The van der Waals surface area contributed by atoms with Gasteiger partial charge in [0, 0.05) is 18.7 Å². The van der Waals surface area contributed by atoms with Gasteiger partial charge in [0.1, 0.15) is 0 Å². The molecule has 0 fully saturated rings. The molecule has 1 aromatic rings. The van der Waals surface area contributed by atoms with Crippen LogP contribution in [0, 0.1) is 10.1 Å². The molecular formula is C10H10Cl2N2O4. The molecule has 18 heavy (non-hydrogen) atoms. The molecule has 98 valence electrons. The molecule has 1 atom stereocenters. The Hall–Kier alpha value is -1.37. The second-order valence-corrected chi connectivity index (χ2v) is 4.39. The summed E-state index contributed by atoms with van der Waals surface area (Å²) in [4.78, 5) is 21.7. The van der Waals surface area contributed by atoms with Crippen molar-refractivity contribution in [3.63, 3.8) is 0 Å². The van der Waals surface area contributed by atoms with Crippen molar-refractivity contribution in [3.8, 4) is 0 Å². The Morgan fingerprint density at radius 1 is 1.56 bits per heavy atom. The van der Waals surface area contributed by atoms with Gasteiger partial charge in [-0.25, -0.2) is 0 Å². The van der Waals surface area contributed by atoms with Crippen molar-refractivity contribution in [2.24, 2.45) is 0 Å². The average Bonchev–Trinajstić information content (AvgIpc) is 2.29. The lowest BCUT2D eigenvalue weighted by Gasteiger charge is -2.09. The van der Waals surface area contributed by atoms with Crippen LogP contribution >= 0.6 is 23.2 Å². The first-order valence-electron chi connectivity index (χ1n) is 4.92. The van der Waals surface area contributed by atoms with Gasteiger partial charge in [-0.2, -0.15) is 0 Å². The molecule has 1 rings (SSSR count). The molecule has 0 radical (unpaired) electrons. The molecule has 1 aromatic carbocycles. The van der Waals surface area contributed by atoms with Crippen molar-refractivity contribution in [2.45, 2.75) is 13.0 Å². The number of hydrogen-bond donors (Lipinski definition) is 2. The van der Waals surface area contributed by atoms with E-state index in [1.54, 1.807) is 0 Å². The van der Waals surface area contributed by atoms with E-state index in [4.69, 9.17) is 28.3 Å². The lowest BCUT2D eigenvalue weighted by atomic mass is 10.2. The summed E-state index contributed by atoms with van der Waals surface area (Å²) in [7, 11) is 0. The van der Waals surface area contributed by atoms with Crippen LogP contribution in [-0.4, -0.2) is 28.6 Å². The number of non-ortho nitro benzene ring substituents is 1. The van der Waals surface area contributed by atoms with Crippen molar-refractivity contribution in [1.29, 1.82) is 0 Å². The fourth-order valence-corrected chi connectivity index (χ4v) is 1.59. The Bertz CT molecular complexity index is 491. The van der Waals surface area contributed by atoms with Crippen LogP contribution in [0.1, 0.15) is 17.3 Å². The number of aliphatic hydroxyl groups is 1. The van der Waals surface area contributed by atoms with Gasteiger partial charge in [-0.1, -0.05) is 23.2 Å². The number of rotatable bonds is 4. The van der Waals surface area contributed by atoms with Gasteiger partial charge in [0.25, 0.3) is 11.6 Å². The van der Waals surface area contributed by atoms with Crippen LogP contribution in [0.3, 0.4) is 0 Å². The number of amides is 1. The van der Waals surface area contributed by atoms with Crippen LogP contribution in [-0.2, 0) is 0 Å². The summed E-state index contributed by atoms with van der Waals surface area (Å²) in [6.07, 6.45) is -0.734. The Morgan fingerprint density at radius 2 is 2.17 bits per heavy atom. The second-order valence-electron chi connectivity index (χ2n) is 3.61. The molecule has 0 spiro atoms. The summed E-state index contributed by atoms with van der Waals surface area (Å²) in [5.74, 6) is -0.633. The summed E-state index contributed by atoms with van der Waals surface area (Å²) in [5, 5.41) is 21.9. The molecule has 6 nitrogen and oxygen atoms in total. The molecule has 2 N–H and O–H groups in total. The van der Waals surface area contributed by atoms with Crippen LogP contribution in [0.2, 0.25) is 10.0 Å². The maximum Gasteiger partial charge on any atom is 0.271 e. The van der Waals surface area contributed by atoms with Gasteiger partial charge in [0.15, 0.2) is 0 Å². The molecule has 0 unspecified atom stereocenters. The smallest absolute Gasteiger partial charge is 0.271 e. The number of carbonyl (C=O) groups excluding carboxylic acids is 1. The second kappa shape index (κ2) is 5.99. The van der Waals surface area contributed by atoms with Crippen LogP contribution in [0.4, 0.5) is 5.69 Å². The summed E-state index contributed by atoms with van der Waals surface area (Å²) < 4.78 is 0. The highest BCUT2D eigenvalue weighted by Crippen LogP contribution is 2.30. The minimum Gasteiger partial charge on any atom is -0.392 e. The van der Waals surface area contributed by atoms with Gasteiger partial charge >= 0.3 is 0 Å². The monoisotopic (exact) mass is 292 g/mol. The zero-order chi connectivity index (χ0) is 13.9. The normalized spacial score (nSPS) is 12.0. The first kappa shape index (κ1) is 14.7. The van der Waals surface area contributed by atoms with Crippen molar-refractivity contribution < 1.29 is 14.8 Å². The third-order valence-electron chi connectivity index (χ3n) is 2.03. The van der Waals surface area contributed by atoms with E-state index in [0.29, 0.717) is 0 Å². The van der Waals surface area contributed by atoms with E-state index >= 15 is 0 Å². The Morgan fingerprint density at radius 3 is 2.67 bits per heavy atom. The molecular weight excluding hydrogens is 283 g/mol. The van der Waals surface area contributed by atoms with Gasteiger partial charge in [-0.15, -0.1) is 0 Å². The minimum atomic E-state index is -0.734.